The highest BCUT2D eigenvalue weighted by atomic mass is 19.1. The van der Waals surface area contributed by atoms with Crippen LogP contribution in [-0.4, -0.2) is 15.0 Å². The van der Waals surface area contributed by atoms with Crippen molar-refractivity contribution in [1.82, 2.24) is 15.0 Å². The fourth-order valence-corrected chi connectivity index (χ4v) is 2.03. The minimum absolute atomic E-state index is 0.226. The van der Waals surface area contributed by atoms with Crippen LogP contribution in [-0.2, 0) is 19.5 Å². The summed E-state index contributed by atoms with van der Waals surface area (Å²) in [6.07, 6.45) is 3.13. The van der Waals surface area contributed by atoms with Crippen LogP contribution < -0.4 is 5.73 Å². The molecule has 1 heterocycles. The van der Waals surface area contributed by atoms with E-state index in [2.05, 4.69) is 17.2 Å². The minimum Gasteiger partial charge on any atom is -0.325 e. The third kappa shape index (κ3) is 3.38. The van der Waals surface area contributed by atoms with Gasteiger partial charge in [-0.25, -0.2) is 9.07 Å². The van der Waals surface area contributed by atoms with Crippen molar-refractivity contribution < 1.29 is 4.39 Å². The van der Waals surface area contributed by atoms with Crippen LogP contribution in [0.1, 0.15) is 36.7 Å². The Morgan fingerprint density at radius 2 is 2.00 bits per heavy atom. The molecule has 0 saturated heterocycles. The van der Waals surface area contributed by atoms with Gasteiger partial charge in [-0.05, 0) is 30.5 Å². The van der Waals surface area contributed by atoms with E-state index >= 15 is 0 Å². The molecule has 4 nitrogen and oxygen atoms in total. The average Bonchev–Trinajstić information content (AvgIpc) is 2.81. The summed E-state index contributed by atoms with van der Waals surface area (Å²) in [5.41, 5.74) is 8.64. The predicted octanol–water partition coefficient (Wildman–Crippen LogP) is 2.27. The number of nitrogens with two attached hydrogens (primary N) is 1. The van der Waals surface area contributed by atoms with Crippen LogP contribution in [0.25, 0.3) is 0 Å². The van der Waals surface area contributed by atoms with Gasteiger partial charge in [-0.2, -0.15) is 0 Å². The second kappa shape index (κ2) is 6.43. The largest absolute Gasteiger partial charge is 0.325 e. The van der Waals surface area contributed by atoms with Crippen molar-refractivity contribution >= 4 is 0 Å². The van der Waals surface area contributed by atoms with Crippen LogP contribution in [0.3, 0.4) is 0 Å². The molecule has 19 heavy (non-hydrogen) atoms. The maximum absolute atomic E-state index is 12.9. The van der Waals surface area contributed by atoms with Crippen molar-refractivity contribution in [3.63, 3.8) is 0 Å². The van der Waals surface area contributed by atoms with Gasteiger partial charge in [0.25, 0.3) is 0 Å². The quantitative estimate of drug-likeness (QED) is 0.868. The number of benzene rings is 1. The second-order valence-corrected chi connectivity index (χ2v) is 4.57. The summed E-state index contributed by atoms with van der Waals surface area (Å²) in [5, 5.41) is 8.27. The molecule has 0 aliphatic heterocycles. The van der Waals surface area contributed by atoms with Crippen LogP contribution in [0.2, 0.25) is 0 Å². The Bertz CT molecular complexity index is 519. The van der Waals surface area contributed by atoms with E-state index in [4.69, 9.17) is 5.73 Å². The van der Waals surface area contributed by atoms with Gasteiger partial charge < -0.3 is 5.73 Å². The Morgan fingerprint density at radius 3 is 2.63 bits per heavy atom. The van der Waals surface area contributed by atoms with Crippen LogP contribution in [0, 0.1) is 5.82 Å². The molecule has 5 heteroatoms. The molecule has 0 amide bonds. The van der Waals surface area contributed by atoms with Gasteiger partial charge in [0, 0.05) is 6.54 Å². The first kappa shape index (κ1) is 13.7. The van der Waals surface area contributed by atoms with Gasteiger partial charge in [0.15, 0.2) is 0 Å². The van der Waals surface area contributed by atoms with Gasteiger partial charge in [0.05, 0.1) is 17.9 Å². The lowest BCUT2D eigenvalue weighted by atomic mass is 10.1. The summed E-state index contributed by atoms with van der Waals surface area (Å²) in [6, 6.07) is 6.45. The Balaban J connectivity index is 2.19. The third-order valence-electron chi connectivity index (χ3n) is 3.12. The van der Waals surface area contributed by atoms with E-state index in [0.717, 1.165) is 36.2 Å². The minimum atomic E-state index is -0.226. The molecule has 2 N–H and O–H groups in total. The first-order valence-electron chi connectivity index (χ1n) is 6.60. The maximum Gasteiger partial charge on any atom is 0.123 e. The smallest absolute Gasteiger partial charge is 0.123 e. The number of hydrogen-bond acceptors (Lipinski definition) is 3. The Labute approximate surface area is 112 Å². The second-order valence-electron chi connectivity index (χ2n) is 4.57. The third-order valence-corrected chi connectivity index (χ3v) is 3.12. The molecule has 0 radical (unpaired) electrons. The number of unbranched alkanes of at least 4 members (excludes halogenated alkanes) is 1. The van der Waals surface area contributed by atoms with Crippen molar-refractivity contribution in [1.29, 1.82) is 0 Å². The summed E-state index contributed by atoms with van der Waals surface area (Å²) in [7, 11) is 0. The molecular formula is C14H19FN4. The molecular weight excluding hydrogens is 243 g/mol. The van der Waals surface area contributed by atoms with E-state index in [1.807, 2.05) is 4.68 Å². The van der Waals surface area contributed by atoms with E-state index in [0.29, 0.717) is 13.1 Å². The fourth-order valence-electron chi connectivity index (χ4n) is 2.03. The van der Waals surface area contributed by atoms with Gasteiger partial charge in [-0.1, -0.05) is 30.7 Å². The van der Waals surface area contributed by atoms with Gasteiger partial charge in [-0.3, -0.25) is 0 Å². The predicted molar refractivity (Wildman–Crippen MR) is 72.0 cm³/mol. The zero-order valence-electron chi connectivity index (χ0n) is 11.1. The molecule has 2 aromatic rings. The van der Waals surface area contributed by atoms with Crippen molar-refractivity contribution in [3.05, 3.63) is 47.0 Å². The zero-order chi connectivity index (χ0) is 13.7. The van der Waals surface area contributed by atoms with Crippen LogP contribution in [0.4, 0.5) is 4.39 Å². The SMILES string of the molecule is CCCCc1c(CN)nnn1Cc1ccc(F)cc1. The number of aromatic nitrogens is 3. The first-order chi connectivity index (χ1) is 9.24. The van der Waals surface area contributed by atoms with E-state index in [-0.39, 0.29) is 5.82 Å². The Hall–Kier alpha value is -1.75. The number of hydrogen-bond donors (Lipinski definition) is 1. The first-order valence-corrected chi connectivity index (χ1v) is 6.60. The molecule has 102 valence electrons. The van der Waals surface area contributed by atoms with Crippen molar-refractivity contribution in [3.8, 4) is 0 Å². The van der Waals surface area contributed by atoms with Crippen LogP contribution in [0.15, 0.2) is 24.3 Å². The molecule has 1 aromatic heterocycles. The fraction of sp³-hybridized carbons (Fsp3) is 0.429. The van der Waals surface area contributed by atoms with Crippen molar-refractivity contribution in [2.75, 3.05) is 0 Å². The van der Waals surface area contributed by atoms with Gasteiger partial charge in [0.1, 0.15) is 5.82 Å². The molecule has 1 aromatic carbocycles. The molecule has 0 aliphatic carbocycles. The van der Waals surface area contributed by atoms with E-state index in [1.54, 1.807) is 12.1 Å². The molecule has 0 bridgehead atoms. The Morgan fingerprint density at radius 1 is 1.26 bits per heavy atom. The Kier molecular flexibility index (Phi) is 4.63. The van der Waals surface area contributed by atoms with Crippen LogP contribution in [0.5, 0.6) is 0 Å². The van der Waals surface area contributed by atoms with Crippen molar-refractivity contribution in [2.45, 2.75) is 39.3 Å². The molecule has 0 fully saturated rings. The molecule has 0 aliphatic rings. The van der Waals surface area contributed by atoms with Gasteiger partial charge in [0.2, 0.25) is 0 Å². The average molecular weight is 262 g/mol. The highest BCUT2D eigenvalue weighted by Crippen LogP contribution is 2.12. The normalized spacial score (nSPS) is 10.9. The van der Waals surface area contributed by atoms with Crippen LogP contribution >= 0.6 is 0 Å². The topological polar surface area (TPSA) is 56.7 Å². The number of halogens is 1. The summed E-state index contributed by atoms with van der Waals surface area (Å²) in [6.45, 7) is 3.16. The monoisotopic (exact) mass is 262 g/mol. The highest BCUT2D eigenvalue weighted by Gasteiger charge is 2.11. The molecule has 0 spiro atoms. The van der Waals surface area contributed by atoms with Gasteiger partial charge in [-0.15, -0.1) is 5.10 Å². The number of rotatable bonds is 6. The van der Waals surface area contributed by atoms with E-state index < -0.39 is 0 Å². The number of nitrogens with zero attached hydrogens (tertiary/aromatic N) is 3. The highest BCUT2D eigenvalue weighted by molar-refractivity contribution is 5.18. The zero-order valence-corrected chi connectivity index (χ0v) is 11.1. The standard InChI is InChI=1S/C14H19FN4/c1-2-3-4-14-13(9-16)17-18-19(14)10-11-5-7-12(15)8-6-11/h5-8H,2-4,9-10,16H2,1H3. The lowest BCUT2D eigenvalue weighted by molar-refractivity contribution is 0.601. The maximum atomic E-state index is 12.9. The summed E-state index contributed by atoms with van der Waals surface area (Å²) >= 11 is 0. The van der Waals surface area contributed by atoms with Crippen molar-refractivity contribution in [2.24, 2.45) is 5.73 Å². The summed E-state index contributed by atoms with van der Waals surface area (Å²) < 4.78 is 14.7. The van der Waals surface area contributed by atoms with Gasteiger partial charge >= 0.3 is 0 Å². The van der Waals surface area contributed by atoms with E-state index in [1.165, 1.54) is 12.1 Å². The molecule has 0 saturated carbocycles. The molecule has 2 rings (SSSR count). The summed E-state index contributed by atoms with van der Waals surface area (Å²) in [4.78, 5) is 0. The molecule has 0 atom stereocenters. The lowest BCUT2D eigenvalue weighted by Gasteiger charge is -2.07. The molecule has 0 unspecified atom stereocenters. The lowest BCUT2D eigenvalue weighted by Crippen LogP contribution is -2.09. The summed E-state index contributed by atoms with van der Waals surface area (Å²) in [5.74, 6) is -0.226. The van der Waals surface area contributed by atoms with E-state index in [9.17, 15) is 4.39 Å².